The van der Waals surface area contributed by atoms with E-state index in [0.29, 0.717) is 5.84 Å². The number of aliphatic imine (C=N–C) groups is 2. The average molecular weight is 830 g/mol. The summed E-state index contributed by atoms with van der Waals surface area (Å²) in [4.78, 5) is 12.7. The van der Waals surface area contributed by atoms with Crippen LogP contribution in [-0.2, 0) is 0 Å². The molecule has 2 unspecified atom stereocenters. The van der Waals surface area contributed by atoms with Crippen LogP contribution in [0.25, 0.3) is 71.4 Å². The molecule has 1 aliphatic carbocycles. The van der Waals surface area contributed by atoms with Gasteiger partial charge in [0.1, 0.15) is 11.9 Å². The summed E-state index contributed by atoms with van der Waals surface area (Å²) in [6.07, 6.45) is 12.8. The van der Waals surface area contributed by atoms with Crippen molar-refractivity contribution >= 4 is 101 Å². The third-order valence-electron chi connectivity index (χ3n) is 12.5. The lowest BCUT2D eigenvalue weighted by Crippen LogP contribution is -2.40. The number of thiophene rings is 1. The van der Waals surface area contributed by atoms with Crippen molar-refractivity contribution in [1.82, 2.24) is 4.57 Å². The van der Waals surface area contributed by atoms with Crippen LogP contribution in [0.5, 0.6) is 0 Å². The highest BCUT2D eigenvalue weighted by Gasteiger charge is 2.39. The lowest BCUT2D eigenvalue weighted by Gasteiger charge is -2.29. The topological polar surface area (TPSA) is 69.9 Å². The first kappa shape index (κ1) is 36.9. The van der Waals surface area contributed by atoms with Crippen molar-refractivity contribution < 1.29 is 4.42 Å². The van der Waals surface area contributed by atoms with E-state index < -0.39 is 0 Å². The van der Waals surface area contributed by atoms with E-state index in [0.717, 1.165) is 70.8 Å². The molecular weight excluding hydrogens is 791 g/mol. The van der Waals surface area contributed by atoms with Gasteiger partial charge in [-0.3, -0.25) is 9.98 Å². The largest absolute Gasteiger partial charge is 0.463 e. The van der Waals surface area contributed by atoms with E-state index in [-0.39, 0.29) is 17.8 Å². The Morgan fingerprint density at radius 2 is 1.48 bits per heavy atom. The summed E-state index contributed by atoms with van der Waals surface area (Å²) in [5, 5.41) is 16.2. The number of nitrogens with zero attached hydrogens (tertiary/aromatic N) is 4. The van der Waals surface area contributed by atoms with E-state index in [2.05, 4.69) is 155 Å². The summed E-state index contributed by atoms with van der Waals surface area (Å²) >= 11 is 1.70. The molecule has 3 aromatic heterocycles. The molecule has 7 aromatic carbocycles. The molecule has 4 heterocycles. The number of para-hydroxylation sites is 2. The van der Waals surface area contributed by atoms with Crippen LogP contribution in [0.3, 0.4) is 0 Å². The highest BCUT2D eigenvalue weighted by molar-refractivity contribution is 7.26. The van der Waals surface area contributed by atoms with Gasteiger partial charge < -0.3 is 9.32 Å². The van der Waals surface area contributed by atoms with Gasteiger partial charge in [0.15, 0.2) is 11.7 Å². The van der Waals surface area contributed by atoms with Crippen molar-refractivity contribution in [1.29, 1.82) is 5.41 Å². The van der Waals surface area contributed by atoms with Crippen LogP contribution in [0, 0.1) is 5.41 Å². The highest BCUT2D eigenvalue weighted by Crippen LogP contribution is 2.49. The summed E-state index contributed by atoms with van der Waals surface area (Å²) < 4.78 is 10.8. The second kappa shape index (κ2) is 14.9. The average Bonchev–Trinajstić information content (AvgIpc) is 4.09. The van der Waals surface area contributed by atoms with Crippen molar-refractivity contribution in [2.24, 2.45) is 9.98 Å². The Morgan fingerprint density at radius 3 is 2.33 bits per heavy atom. The molecule has 7 heteroatoms. The van der Waals surface area contributed by atoms with Gasteiger partial charge in [0.25, 0.3) is 0 Å². The lowest BCUT2D eigenvalue weighted by molar-refractivity contribution is 0.616. The molecule has 0 radical (unpaired) electrons. The number of nitrogens with one attached hydrogen (secondary N) is 1. The zero-order chi connectivity index (χ0) is 42.0. The number of benzene rings is 7. The zero-order valence-electron chi connectivity index (χ0n) is 34.3. The molecule has 300 valence electrons. The van der Waals surface area contributed by atoms with E-state index in [4.69, 9.17) is 14.4 Å². The van der Waals surface area contributed by atoms with E-state index in [1.54, 1.807) is 11.3 Å². The molecule has 2 aliphatic rings. The Hall–Kier alpha value is -7.87. The van der Waals surface area contributed by atoms with Crippen LogP contribution < -0.4 is 15.5 Å². The van der Waals surface area contributed by atoms with Gasteiger partial charge in [0.2, 0.25) is 0 Å². The number of hydrogen-bond acceptors (Lipinski definition) is 4. The third-order valence-corrected chi connectivity index (χ3v) is 13.7. The van der Waals surface area contributed by atoms with Crippen LogP contribution in [0.4, 0.5) is 11.4 Å². The molecule has 2 atom stereocenters. The first-order chi connectivity index (χ1) is 31.1. The second-order valence-corrected chi connectivity index (χ2v) is 17.1. The number of hydrogen-bond donors (Lipinski definition) is 1. The van der Waals surface area contributed by atoms with Crippen molar-refractivity contribution in [2.75, 3.05) is 4.90 Å². The smallest absolute Gasteiger partial charge is 0.163 e. The van der Waals surface area contributed by atoms with E-state index in [1.807, 2.05) is 62.0 Å². The number of fused-ring (bicyclic) bond motifs is 10. The standard InChI is InChI=1S/C56H39N5OS/c1-2-16-37-33-62-53-44(35-17-5-3-6-18-35)29-38(30-45(37)53)61-49-27-13-10-22-40(49)47-31-46-39-21-9-12-26-48(39)60(50(46)32-51(47)61)34-58-56(36-19-7-4-8-20-36)59-55(57)43-25-15-24-42-41-23-11-14-28-52(41)63-54(42)43/h2-34,47,51,57H,1H3/b16-2-,57-55?,58-34+,59-56-. The minimum Gasteiger partial charge on any atom is -0.463 e. The Labute approximate surface area is 367 Å². The fraction of sp³-hybridized carbons (Fsp3) is 0.0536. The van der Waals surface area contributed by atoms with Crippen LogP contribution in [-0.4, -0.2) is 28.6 Å². The molecule has 12 rings (SSSR count). The summed E-state index contributed by atoms with van der Waals surface area (Å²) in [5.74, 6) is 0.752. The predicted molar refractivity (Wildman–Crippen MR) is 265 cm³/mol. The van der Waals surface area contributed by atoms with E-state index in [9.17, 15) is 5.41 Å². The molecule has 6 nitrogen and oxygen atoms in total. The zero-order valence-corrected chi connectivity index (χ0v) is 35.1. The minimum absolute atomic E-state index is 0.0262. The van der Waals surface area contributed by atoms with Gasteiger partial charge in [-0.15, -0.1) is 11.3 Å². The second-order valence-electron chi connectivity index (χ2n) is 16.1. The van der Waals surface area contributed by atoms with Gasteiger partial charge in [-0.05, 0) is 60.5 Å². The molecular formula is C56H39N5OS. The molecule has 1 aliphatic heterocycles. The summed E-state index contributed by atoms with van der Waals surface area (Å²) in [6.45, 7) is 2.04. The number of amidine groups is 2. The molecule has 10 aromatic rings. The lowest BCUT2D eigenvalue weighted by atomic mass is 9.90. The van der Waals surface area contributed by atoms with Crippen molar-refractivity contribution in [2.45, 2.75) is 18.9 Å². The summed E-state index contributed by atoms with van der Waals surface area (Å²) in [7, 11) is 0. The van der Waals surface area contributed by atoms with Gasteiger partial charge in [-0.25, -0.2) is 9.98 Å². The number of aromatic nitrogens is 1. The maximum atomic E-state index is 9.41. The molecule has 1 N–H and O–H groups in total. The van der Waals surface area contributed by atoms with Crippen LogP contribution in [0.1, 0.15) is 35.1 Å². The van der Waals surface area contributed by atoms with Crippen LogP contribution >= 0.6 is 11.3 Å². The molecule has 0 saturated heterocycles. The molecule has 0 bridgehead atoms. The van der Waals surface area contributed by atoms with E-state index >= 15 is 0 Å². The molecule has 0 fully saturated rings. The molecule has 63 heavy (non-hydrogen) atoms. The highest BCUT2D eigenvalue weighted by atomic mass is 32.1. The van der Waals surface area contributed by atoms with Gasteiger partial charge in [0.05, 0.1) is 23.2 Å². The van der Waals surface area contributed by atoms with E-state index in [1.165, 1.54) is 26.6 Å². The Morgan fingerprint density at radius 1 is 0.730 bits per heavy atom. The fourth-order valence-corrected chi connectivity index (χ4v) is 10.9. The number of furan rings is 1. The Kier molecular flexibility index (Phi) is 8.76. The first-order valence-electron chi connectivity index (χ1n) is 21.2. The molecule has 0 spiro atoms. The molecule has 0 saturated carbocycles. The quantitative estimate of drug-likeness (QED) is 0.134. The van der Waals surface area contributed by atoms with Crippen LogP contribution in [0.2, 0.25) is 0 Å². The Balaban J connectivity index is 1.03. The Bertz CT molecular complexity index is 3680. The number of anilines is 2. The number of allylic oxidation sites excluding steroid dienone is 1. The van der Waals surface area contributed by atoms with Crippen molar-refractivity contribution in [3.8, 4) is 11.1 Å². The van der Waals surface area contributed by atoms with Crippen molar-refractivity contribution in [3.05, 3.63) is 209 Å². The monoisotopic (exact) mass is 829 g/mol. The summed E-state index contributed by atoms with van der Waals surface area (Å²) in [5.41, 5.74) is 10.4. The van der Waals surface area contributed by atoms with Crippen molar-refractivity contribution in [3.63, 3.8) is 0 Å². The fourth-order valence-electron chi connectivity index (χ4n) is 9.68. The van der Waals surface area contributed by atoms with Gasteiger partial charge in [-0.1, -0.05) is 146 Å². The van der Waals surface area contributed by atoms with Gasteiger partial charge in [-0.2, -0.15) is 0 Å². The predicted octanol–water partition coefficient (Wildman–Crippen LogP) is 12.7. The first-order valence-corrected chi connectivity index (χ1v) is 22.1. The SMILES string of the molecule is C/C=C\c1coc2c(-c3ccccc3)cc(N3c4ccccc4C4C=c5c(n(/C=N/C(=N\C(=N)c6cccc7c6sc6ccccc67)c6ccccc6)c6ccccc56)=CC43)cc12. The number of rotatable bonds is 6. The van der Waals surface area contributed by atoms with Gasteiger partial charge >= 0.3 is 0 Å². The normalized spacial score (nSPS) is 16.0. The van der Waals surface area contributed by atoms with Gasteiger partial charge in [0, 0.05) is 75.7 Å². The summed E-state index contributed by atoms with van der Waals surface area (Å²) in [6, 6.07) is 57.0. The van der Waals surface area contributed by atoms with Crippen LogP contribution in [0.15, 0.2) is 191 Å². The molecule has 0 amide bonds. The minimum atomic E-state index is -0.0262. The third kappa shape index (κ3) is 6.03. The maximum absolute atomic E-state index is 9.41. The maximum Gasteiger partial charge on any atom is 0.163 e.